The van der Waals surface area contributed by atoms with Crippen molar-refractivity contribution in [2.45, 2.75) is 26.4 Å². The van der Waals surface area contributed by atoms with E-state index in [0.29, 0.717) is 17.5 Å². The molecule has 0 aliphatic rings. The monoisotopic (exact) mass is 340 g/mol. The van der Waals surface area contributed by atoms with Gasteiger partial charge >= 0.3 is 0 Å². The van der Waals surface area contributed by atoms with Crippen LogP contribution in [-0.4, -0.2) is 30.9 Å². The Balaban J connectivity index is 1.77. The number of rotatable bonds is 5. The van der Waals surface area contributed by atoms with Gasteiger partial charge in [0.25, 0.3) is 5.56 Å². The minimum Gasteiger partial charge on any atom is -0.424 e. The summed E-state index contributed by atoms with van der Waals surface area (Å²) in [5.74, 6) is 0.335. The summed E-state index contributed by atoms with van der Waals surface area (Å²) in [5, 5.41) is 14.4. The van der Waals surface area contributed by atoms with Gasteiger partial charge in [-0.3, -0.25) is 14.6 Å². The molecule has 0 saturated heterocycles. The molecule has 0 bridgehead atoms. The van der Waals surface area contributed by atoms with Gasteiger partial charge in [-0.15, -0.1) is 10.2 Å². The third kappa shape index (κ3) is 3.77. The summed E-state index contributed by atoms with van der Waals surface area (Å²) >= 11 is 0. The highest BCUT2D eigenvalue weighted by Crippen LogP contribution is 2.14. The van der Waals surface area contributed by atoms with Crippen LogP contribution >= 0.6 is 0 Å². The Bertz CT molecular complexity index is 934. The predicted octanol–water partition coefficient (Wildman–Crippen LogP) is 0.874. The number of hydrogen-bond acceptors (Lipinski definition) is 7. The van der Waals surface area contributed by atoms with Crippen molar-refractivity contribution < 1.29 is 9.21 Å². The number of nitrogens with one attached hydrogen (secondary N) is 1. The van der Waals surface area contributed by atoms with Gasteiger partial charge in [0.1, 0.15) is 6.04 Å². The number of carbonyl (C=O) groups excluding carboxylic acids is 1. The van der Waals surface area contributed by atoms with Crippen LogP contribution in [0.15, 0.2) is 45.9 Å². The van der Waals surface area contributed by atoms with Crippen LogP contribution in [0.2, 0.25) is 0 Å². The topological polar surface area (TPSA) is 116 Å². The summed E-state index contributed by atoms with van der Waals surface area (Å²) in [7, 11) is 0. The van der Waals surface area contributed by atoms with Crippen LogP contribution in [0.25, 0.3) is 11.3 Å². The Morgan fingerprint density at radius 3 is 2.68 bits per heavy atom. The van der Waals surface area contributed by atoms with E-state index in [1.807, 2.05) is 0 Å². The van der Waals surface area contributed by atoms with E-state index >= 15 is 0 Å². The van der Waals surface area contributed by atoms with Crippen molar-refractivity contribution in [2.24, 2.45) is 0 Å². The first kappa shape index (κ1) is 16.5. The molecule has 0 radical (unpaired) electrons. The highest BCUT2D eigenvalue weighted by Gasteiger charge is 2.18. The fraction of sp³-hybridized carbons (Fsp3) is 0.250. The van der Waals surface area contributed by atoms with Crippen LogP contribution in [0.1, 0.15) is 24.7 Å². The van der Waals surface area contributed by atoms with Crippen LogP contribution in [-0.2, 0) is 11.3 Å². The van der Waals surface area contributed by atoms with Crippen molar-refractivity contribution >= 4 is 5.91 Å². The molecule has 0 fully saturated rings. The minimum atomic E-state index is -0.793. The van der Waals surface area contributed by atoms with Crippen molar-refractivity contribution in [3.05, 3.63) is 58.8 Å². The SMILES string of the molecule is Cc1nnc(CNC(=O)C(C)n2nc(-c3ccncc3)ccc2=O)o1. The first-order chi connectivity index (χ1) is 12.0. The van der Waals surface area contributed by atoms with E-state index in [0.717, 1.165) is 10.2 Å². The molecule has 3 heterocycles. The zero-order valence-electron chi connectivity index (χ0n) is 13.7. The summed E-state index contributed by atoms with van der Waals surface area (Å²) in [6.07, 6.45) is 3.27. The smallest absolute Gasteiger partial charge is 0.267 e. The zero-order chi connectivity index (χ0) is 17.8. The number of aryl methyl sites for hydroxylation is 1. The Labute approximate surface area is 142 Å². The molecule has 128 valence electrons. The lowest BCUT2D eigenvalue weighted by atomic mass is 10.2. The second-order valence-corrected chi connectivity index (χ2v) is 5.35. The number of carbonyl (C=O) groups is 1. The molecule has 1 N–H and O–H groups in total. The Kier molecular flexibility index (Phi) is 4.64. The second kappa shape index (κ2) is 7.04. The van der Waals surface area contributed by atoms with Gasteiger partial charge in [0.2, 0.25) is 17.7 Å². The fourth-order valence-electron chi connectivity index (χ4n) is 2.21. The number of hydrogen-bond donors (Lipinski definition) is 1. The van der Waals surface area contributed by atoms with Gasteiger partial charge < -0.3 is 9.73 Å². The summed E-state index contributed by atoms with van der Waals surface area (Å²) in [6.45, 7) is 3.34. The van der Waals surface area contributed by atoms with Crippen molar-refractivity contribution in [3.63, 3.8) is 0 Å². The molecule has 0 saturated carbocycles. The molecule has 3 aromatic heterocycles. The molecule has 3 rings (SSSR count). The van der Waals surface area contributed by atoms with Crippen molar-refractivity contribution in [3.8, 4) is 11.3 Å². The molecule has 0 aliphatic carbocycles. The molecule has 9 nitrogen and oxygen atoms in total. The summed E-state index contributed by atoms with van der Waals surface area (Å²) in [4.78, 5) is 28.4. The molecule has 1 unspecified atom stereocenters. The van der Waals surface area contributed by atoms with E-state index in [1.54, 1.807) is 44.4 Å². The molecular weight excluding hydrogens is 324 g/mol. The van der Waals surface area contributed by atoms with E-state index in [9.17, 15) is 9.59 Å². The quantitative estimate of drug-likeness (QED) is 0.732. The zero-order valence-corrected chi connectivity index (χ0v) is 13.7. The van der Waals surface area contributed by atoms with Crippen LogP contribution < -0.4 is 10.9 Å². The molecule has 0 spiro atoms. The van der Waals surface area contributed by atoms with Crippen molar-refractivity contribution in [1.29, 1.82) is 0 Å². The number of aromatic nitrogens is 5. The third-order valence-electron chi connectivity index (χ3n) is 3.53. The predicted molar refractivity (Wildman–Crippen MR) is 87.3 cm³/mol. The average molecular weight is 340 g/mol. The summed E-state index contributed by atoms with van der Waals surface area (Å²) < 4.78 is 6.34. The molecule has 1 atom stereocenters. The van der Waals surface area contributed by atoms with Crippen LogP contribution in [0.3, 0.4) is 0 Å². The average Bonchev–Trinajstić information content (AvgIpc) is 3.05. The maximum absolute atomic E-state index is 12.3. The molecule has 0 aliphatic heterocycles. The maximum atomic E-state index is 12.3. The first-order valence-corrected chi connectivity index (χ1v) is 7.61. The largest absolute Gasteiger partial charge is 0.424 e. The number of amides is 1. The van der Waals surface area contributed by atoms with Gasteiger partial charge in [-0.2, -0.15) is 5.10 Å². The van der Waals surface area contributed by atoms with Crippen LogP contribution in [0.5, 0.6) is 0 Å². The Morgan fingerprint density at radius 1 is 1.24 bits per heavy atom. The normalized spacial score (nSPS) is 11.9. The van der Waals surface area contributed by atoms with E-state index < -0.39 is 6.04 Å². The standard InChI is InChI=1S/C16H16N6O3/c1-10(16(24)18-9-14-20-19-11(2)25-14)22-15(23)4-3-13(21-22)12-5-7-17-8-6-12/h3-8,10H,9H2,1-2H3,(H,18,24). The third-order valence-corrected chi connectivity index (χ3v) is 3.53. The van der Waals surface area contributed by atoms with Gasteiger partial charge in [0.15, 0.2) is 0 Å². The van der Waals surface area contributed by atoms with Crippen LogP contribution in [0.4, 0.5) is 0 Å². The minimum absolute atomic E-state index is 0.0861. The van der Waals surface area contributed by atoms with E-state index in [2.05, 4.69) is 25.6 Å². The first-order valence-electron chi connectivity index (χ1n) is 7.61. The highest BCUT2D eigenvalue weighted by molar-refractivity contribution is 5.79. The van der Waals surface area contributed by atoms with Crippen molar-refractivity contribution in [2.75, 3.05) is 0 Å². The Morgan fingerprint density at radius 2 is 2.00 bits per heavy atom. The van der Waals surface area contributed by atoms with Gasteiger partial charge in [0, 0.05) is 30.9 Å². The fourth-order valence-corrected chi connectivity index (χ4v) is 2.21. The van der Waals surface area contributed by atoms with Crippen molar-refractivity contribution in [1.82, 2.24) is 30.3 Å². The Hall–Kier alpha value is -3.36. The maximum Gasteiger partial charge on any atom is 0.267 e. The molecule has 1 amide bonds. The highest BCUT2D eigenvalue weighted by atomic mass is 16.4. The molecule has 9 heteroatoms. The van der Waals surface area contributed by atoms with E-state index in [-0.39, 0.29) is 18.0 Å². The van der Waals surface area contributed by atoms with Gasteiger partial charge in [-0.25, -0.2) is 4.68 Å². The summed E-state index contributed by atoms with van der Waals surface area (Å²) in [6, 6.07) is 5.76. The lowest BCUT2D eigenvalue weighted by Crippen LogP contribution is -2.36. The lowest BCUT2D eigenvalue weighted by Gasteiger charge is -2.14. The van der Waals surface area contributed by atoms with E-state index in [1.165, 1.54) is 6.07 Å². The van der Waals surface area contributed by atoms with E-state index in [4.69, 9.17) is 4.42 Å². The van der Waals surface area contributed by atoms with Crippen LogP contribution in [0, 0.1) is 6.92 Å². The van der Waals surface area contributed by atoms with Gasteiger partial charge in [-0.1, -0.05) is 0 Å². The number of nitrogens with zero attached hydrogens (tertiary/aromatic N) is 5. The lowest BCUT2D eigenvalue weighted by molar-refractivity contribution is -0.124. The van der Waals surface area contributed by atoms with Gasteiger partial charge in [-0.05, 0) is 25.1 Å². The molecular formula is C16H16N6O3. The second-order valence-electron chi connectivity index (χ2n) is 5.35. The summed E-state index contributed by atoms with van der Waals surface area (Å²) in [5.41, 5.74) is 1.01. The molecule has 3 aromatic rings. The molecule has 25 heavy (non-hydrogen) atoms. The molecule has 0 aromatic carbocycles. The van der Waals surface area contributed by atoms with Gasteiger partial charge in [0.05, 0.1) is 12.2 Å². The number of pyridine rings is 1.